The van der Waals surface area contributed by atoms with Gasteiger partial charge in [-0.25, -0.2) is 9.07 Å². The lowest BCUT2D eigenvalue weighted by Gasteiger charge is -2.34. The van der Waals surface area contributed by atoms with Gasteiger partial charge in [-0.2, -0.15) is 0 Å². The van der Waals surface area contributed by atoms with Crippen molar-refractivity contribution >= 4 is 28.5 Å². The number of para-hydroxylation sites is 2. The third-order valence-corrected chi connectivity index (χ3v) is 7.28. The molecular formula is C30H32FN5O4. The van der Waals surface area contributed by atoms with Crippen molar-refractivity contribution in [3.63, 3.8) is 0 Å². The van der Waals surface area contributed by atoms with Crippen LogP contribution in [0, 0.1) is 5.82 Å². The van der Waals surface area contributed by atoms with Crippen LogP contribution in [0.25, 0.3) is 11.0 Å². The zero-order valence-electron chi connectivity index (χ0n) is 22.5. The number of aromatic nitrogens is 3. The first-order valence-corrected chi connectivity index (χ1v) is 13.4. The first kappa shape index (κ1) is 27.1. The topological polar surface area (TPSA) is 98.6 Å². The summed E-state index contributed by atoms with van der Waals surface area (Å²) in [6.45, 7) is -0.263. The number of amides is 2. The lowest BCUT2D eigenvalue weighted by molar-refractivity contribution is -0.127. The molecule has 0 aliphatic heterocycles. The number of ether oxygens (including phenoxy) is 2. The van der Waals surface area contributed by atoms with E-state index in [-0.39, 0.29) is 18.3 Å². The van der Waals surface area contributed by atoms with Gasteiger partial charge in [0.05, 0.1) is 25.4 Å². The number of rotatable bonds is 9. The summed E-state index contributed by atoms with van der Waals surface area (Å²) in [5, 5.41) is 11.4. The summed E-state index contributed by atoms with van der Waals surface area (Å²) in [6.07, 6.45) is 4.83. The first-order chi connectivity index (χ1) is 19.5. The molecule has 0 spiro atoms. The lowest BCUT2D eigenvalue weighted by atomic mass is 9.94. The number of nitrogens with one attached hydrogen (secondary N) is 1. The lowest BCUT2D eigenvalue weighted by Crippen LogP contribution is -2.48. The number of halogens is 1. The molecule has 0 bridgehead atoms. The molecule has 40 heavy (non-hydrogen) atoms. The maximum atomic E-state index is 15.4. The molecular weight excluding hydrogens is 513 g/mol. The molecule has 1 aromatic heterocycles. The number of hydrogen-bond acceptors (Lipinski definition) is 6. The highest BCUT2D eigenvalue weighted by Gasteiger charge is 2.37. The Hall–Kier alpha value is -4.47. The normalized spacial score (nSPS) is 14.5. The van der Waals surface area contributed by atoms with E-state index in [1.165, 1.54) is 42.0 Å². The maximum Gasteiger partial charge on any atom is 0.249 e. The van der Waals surface area contributed by atoms with Crippen molar-refractivity contribution in [3.05, 3.63) is 78.1 Å². The Labute approximate surface area is 231 Å². The zero-order chi connectivity index (χ0) is 28.1. The number of carbonyl (C=O) groups excluding carboxylic acids is 2. The van der Waals surface area contributed by atoms with Crippen LogP contribution in [0.15, 0.2) is 66.7 Å². The Kier molecular flexibility index (Phi) is 8.23. The molecule has 208 valence electrons. The summed E-state index contributed by atoms with van der Waals surface area (Å²) in [7, 11) is 3.00. The quantitative estimate of drug-likeness (QED) is 0.324. The minimum Gasteiger partial charge on any atom is -0.497 e. The number of methoxy groups -OCH3 is 2. The van der Waals surface area contributed by atoms with E-state index in [2.05, 4.69) is 15.6 Å². The number of benzene rings is 3. The van der Waals surface area contributed by atoms with Gasteiger partial charge in [0.1, 0.15) is 35.4 Å². The van der Waals surface area contributed by atoms with Crippen molar-refractivity contribution in [1.29, 1.82) is 0 Å². The highest BCUT2D eigenvalue weighted by molar-refractivity contribution is 6.02. The van der Waals surface area contributed by atoms with Crippen molar-refractivity contribution in [2.24, 2.45) is 0 Å². The number of fused-ring (bicyclic) bond motifs is 1. The average molecular weight is 546 g/mol. The molecule has 0 radical (unpaired) electrons. The molecule has 1 saturated carbocycles. The molecule has 3 aromatic carbocycles. The average Bonchev–Trinajstić information content (AvgIpc) is 3.39. The third kappa shape index (κ3) is 5.61. The number of hydrogen-bond donors (Lipinski definition) is 1. The second-order valence-corrected chi connectivity index (χ2v) is 9.80. The van der Waals surface area contributed by atoms with E-state index in [9.17, 15) is 9.59 Å². The van der Waals surface area contributed by atoms with Crippen molar-refractivity contribution in [1.82, 2.24) is 20.3 Å². The molecule has 0 saturated heterocycles. The van der Waals surface area contributed by atoms with Crippen molar-refractivity contribution in [2.75, 3.05) is 19.1 Å². The Morgan fingerprint density at radius 1 is 1.02 bits per heavy atom. The van der Waals surface area contributed by atoms with Gasteiger partial charge in [-0.15, -0.1) is 5.10 Å². The van der Waals surface area contributed by atoms with Crippen LogP contribution in [0.4, 0.5) is 10.1 Å². The molecule has 5 rings (SSSR count). The number of nitrogens with zero attached hydrogens (tertiary/aromatic N) is 4. The molecule has 1 fully saturated rings. The van der Waals surface area contributed by atoms with Gasteiger partial charge < -0.3 is 14.8 Å². The van der Waals surface area contributed by atoms with Crippen LogP contribution in [0.2, 0.25) is 0 Å². The van der Waals surface area contributed by atoms with Crippen molar-refractivity contribution in [2.45, 2.75) is 50.7 Å². The first-order valence-electron chi connectivity index (χ1n) is 13.4. The highest BCUT2D eigenvalue weighted by Crippen LogP contribution is 2.37. The third-order valence-electron chi connectivity index (χ3n) is 7.28. The Bertz CT molecular complexity index is 1500. The van der Waals surface area contributed by atoms with Crippen LogP contribution in [0.1, 0.15) is 43.7 Å². The second-order valence-electron chi connectivity index (χ2n) is 9.80. The zero-order valence-corrected chi connectivity index (χ0v) is 22.5. The minimum absolute atomic E-state index is 0.0291. The summed E-state index contributed by atoms with van der Waals surface area (Å²) >= 11 is 0. The molecule has 9 nitrogen and oxygen atoms in total. The van der Waals surface area contributed by atoms with Crippen LogP contribution in [-0.4, -0.2) is 47.1 Å². The summed E-state index contributed by atoms with van der Waals surface area (Å²) in [5.41, 5.74) is 1.64. The molecule has 1 heterocycles. The number of carbonyl (C=O) groups is 2. The minimum atomic E-state index is -1.23. The Balaban J connectivity index is 1.62. The van der Waals surface area contributed by atoms with Gasteiger partial charge in [0.25, 0.3) is 0 Å². The summed E-state index contributed by atoms with van der Waals surface area (Å²) in [5.74, 6) is -0.742. The van der Waals surface area contributed by atoms with Gasteiger partial charge in [-0.1, -0.05) is 48.7 Å². The SMILES string of the molecule is COc1ccc(C(C(=O)NC2CCCCC2)N(C(=O)Cn2nnc3ccccc32)c2ccccc2F)c(OC)c1. The van der Waals surface area contributed by atoms with E-state index < -0.39 is 23.7 Å². The van der Waals surface area contributed by atoms with Crippen molar-refractivity contribution < 1.29 is 23.5 Å². The van der Waals surface area contributed by atoms with Crippen LogP contribution in [-0.2, 0) is 16.1 Å². The number of anilines is 1. The smallest absolute Gasteiger partial charge is 0.249 e. The second kappa shape index (κ2) is 12.1. The van der Waals surface area contributed by atoms with Gasteiger partial charge in [-0.3, -0.25) is 14.5 Å². The van der Waals surface area contributed by atoms with Gasteiger partial charge in [0.2, 0.25) is 11.8 Å². The van der Waals surface area contributed by atoms with Crippen LogP contribution in [0.3, 0.4) is 0 Å². The monoisotopic (exact) mass is 545 g/mol. The molecule has 1 atom stereocenters. The summed E-state index contributed by atoms with van der Waals surface area (Å²) in [6, 6.07) is 16.9. The predicted octanol–water partition coefficient (Wildman–Crippen LogP) is 4.81. The molecule has 4 aromatic rings. The van der Waals surface area contributed by atoms with E-state index in [0.29, 0.717) is 28.1 Å². The summed E-state index contributed by atoms with van der Waals surface area (Å²) < 4.78 is 27.9. The molecule has 10 heteroatoms. The van der Waals surface area contributed by atoms with Crippen LogP contribution >= 0.6 is 0 Å². The fraction of sp³-hybridized carbons (Fsp3) is 0.333. The van der Waals surface area contributed by atoms with Crippen LogP contribution in [0.5, 0.6) is 11.5 Å². The van der Waals surface area contributed by atoms with E-state index in [1.54, 1.807) is 36.4 Å². The highest BCUT2D eigenvalue weighted by atomic mass is 19.1. The standard InChI is InChI=1S/C30H32FN5O4/c1-39-21-16-17-22(27(18-21)40-2)29(30(38)32-20-10-4-3-5-11-20)36(25-14-8-6-12-23(25)31)28(37)19-35-26-15-9-7-13-24(26)33-34-35/h6-9,12-18,20,29H,3-5,10-11,19H2,1-2H3,(H,32,38). The maximum absolute atomic E-state index is 15.4. The fourth-order valence-electron chi connectivity index (χ4n) is 5.27. The van der Waals surface area contributed by atoms with E-state index >= 15 is 4.39 Å². The van der Waals surface area contributed by atoms with Gasteiger partial charge in [0.15, 0.2) is 0 Å². The largest absolute Gasteiger partial charge is 0.497 e. The van der Waals surface area contributed by atoms with Gasteiger partial charge in [-0.05, 0) is 49.2 Å². The molecule has 1 N–H and O–H groups in total. The van der Waals surface area contributed by atoms with Crippen LogP contribution < -0.4 is 19.7 Å². The van der Waals surface area contributed by atoms with E-state index in [4.69, 9.17) is 9.47 Å². The molecule has 2 amide bonds. The van der Waals surface area contributed by atoms with Gasteiger partial charge >= 0.3 is 0 Å². The van der Waals surface area contributed by atoms with E-state index in [0.717, 1.165) is 32.1 Å². The molecule has 1 aliphatic carbocycles. The Morgan fingerprint density at radius 2 is 1.77 bits per heavy atom. The molecule has 1 aliphatic rings. The Morgan fingerprint density at radius 3 is 2.52 bits per heavy atom. The fourth-order valence-corrected chi connectivity index (χ4v) is 5.27. The summed E-state index contributed by atoms with van der Waals surface area (Å²) in [4.78, 5) is 29.5. The van der Waals surface area contributed by atoms with Crippen molar-refractivity contribution in [3.8, 4) is 11.5 Å². The molecule has 1 unspecified atom stereocenters. The van der Waals surface area contributed by atoms with Gasteiger partial charge in [0, 0.05) is 17.7 Å². The predicted molar refractivity (Wildman–Crippen MR) is 149 cm³/mol. The van der Waals surface area contributed by atoms with E-state index in [1.807, 2.05) is 12.1 Å².